The van der Waals surface area contributed by atoms with Gasteiger partial charge in [0.25, 0.3) is 5.56 Å². The lowest BCUT2D eigenvalue weighted by atomic mass is 10.2. The summed E-state index contributed by atoms with van der Waals surface area (Å²) in [7, 11) is 0. The summed E-state index contributed by atoms with van der Waals surface area (Å²) in [6, 6.07) is 12.0. The van der Waals surface area contributed by atoms with Crippen LogP contribution < -0.4 is 15.6 Å². The number of aryl methyl sites for hydroxylation is 1. The van der Waals surface area contributed by atoms with E-state index < -0.39 is 18.0 Å². The summed E-state index contributed by atoms with van der Waals surface area (Å²) >= 11 is 0. The van der Waals surface area contributed by atoms with Gasteiger partial charge in [0.2, 0.25) is 5.91 Å². The minimum absolute atomic E-state index is 0.0325. The molecule has 140 valence electrons. The van der Waals surface area contributed by atoms with E-state index in [1.54, 1.807) is 24.3 Å². The van der Waals surface area contributed by atoms with Crippen LogP contribution >= 0.6 is 0 Å². The Hall–Kier alpha value is -3.36. The van der Waals surface area contributed by atoms with Gasteiger partial charge in [-0.15, -0.1) is 13.2 Å². The van der Waals surface area contributed by atoms with Crippen molar-refractivity contribution in [2.45, 2.75) is 19.3 Å². The van der Waals surface area contributed by atoms with Crippen molar-refractivity contribution in [2.75, 3.05) is 5.32 Å². The quantitative estimate of drug-likeness (QED) is 0.740. The molecular weight excluding hydrogens is 363 g/mol. The summed E-state index contributed by atoms with van der Waals surface area (Å²) in [5.41, 5.74) is 0.138. The summed E-state index contributed by atoms with van der Waals surface area (Å²) in [6.07, 6.45) is -3.66. The highest BCUT2D eigenvalue weighted by Gasteiger charge is 2.32. The smallest absolute Gasteiger partial charge is 0.404 e. The van der Waals surface area contributed by atoms with E-state index in [1.807, 2.05) is 0 Å². The third kappa shape index (κ3) is 4.63. The molecule has 0 atom stereocenters. The van der Waals surface area contributed by atoms with E-state index in [4.69, 9.17) is 0 Å². The van der Waals surface area contributed by atoms with Gasteiger partial charge in [-0.3, -0.25) is 14.2 Å². The SMILES string of the molecule is O=C(CCn1cnc2ccccc2c1=O)Nc1ccccc1OC(F)(F)F. The maximum atomic E-state index is 12.4. The molecule has 0 unspecified atom stereocenters. The van der Waals surface area contributed by atoms with Crippen LogP contribution in [0.2, 0.25) is 0 Å². The van der Waals surface area contributed by atoms with Gasteiger partial charge < -0.3 is 10.1 Å². The van der Waals surface area contributed by atoms with Crippen LogP contribution in [0.5, 0.6) is 5.75 Å². The van der Waals surface area contributed by atoms with Gasteiger partial charge in [-0.2, -0.15) is 0 Å². The van der Waals surface area contributed by atoms with Crippen molar-refractivity contribution in [1.82, 2.24) is 9.55 Å². The van der Waals surface area contributed by atoms with Crippen molar-refractivity contribution in [1.29, 1.82) is 0 Å². The molecule has 0 aliphatic heterocycles. The first kappa shape index (κ1) is 18.4. The summed E-state index contributed by atoms with van der Waals surface area (Å²) in [5, 5.41) is 2.78. The molecule has 3 aromatic rings. The van der Waals surface area contributed by atoms with E-state index in [9.17, 15) is 22.8 Å². The van der Waals surface area contributed by atoms with E-state index in [0.29, 0.717) is 10.9 Å². The van der Waals surface area contributed by atoms with Crippen molar-refractivity contribution >= 4 is 22.5 Å². The van der Waals surface area contributed by atoms with Crippen LogP contribution in [0.25, 0.3) is 10.9 Å². The molecule has 6 nitrogen and oxygen atoms in total. The third-order valence-electron chi connectivity index (χ3n) is 3.70. The Balaban J connectivity index is 1.69. The predicted molar refractivity (Wildman–Crippen MR) is 92.4 cm³/mol. The molecule has 3 rings (SSSR count). The van der Waals surface area contributed by atoms with Crippen molar-refractivity contribution in [3.05, 3.63) is 65.2 Å². The van der Waals surface area contributed by atoms with Gasteiger partial charge in [0.1, 0.15) is 0 Å². The first-order chi connectivity index (χ1) is 12.8. The standard InChI is InChI=1S/C18H14F3N3O3/c19-18(20,21)27-15-8-4-3-7-14(15)23-16(25)9-10-24-11-22-13-6-2-1-5-12(13)17(24)26/h1-8,11H,9-10H2,(H,23,25). The summed E-state index contributed by atoms with van der Waals surface area (Å²) in [6.45, 7) is 0.0325. The topological polar surface area (TPSA) is 73.2 Å². The average Bonchev–Trinajstić information content (AvgIpc) is 2.62. The van der Waals surface area contributed by atoms with E-state index >= 15 is 0 Å². The minimum Gasteiger partial charge on any atom is -0.404 e. The Bertz CT molecular complexity index is 1030. The second-order valence-electron chi connectivity index (χ2n) is 5.60. The van der Waals surface area contributed by atoms with E-state index in [2.05, 4.69) is 15.0 Å². The number of carbonyl (C=O) groups excluding carboxylic acids is 1. The van der Waals surface area contributed by atoms with Gasteiger partial charge in [-0.1, -0.05) is 24.3 Å². The number of rotatable bonds is 5. The van der Waals surface area contributed by atoms with E-state index in [-0.39, 0.29) is 24.2 Å². The van der Waals surface area contributed by atoms with Crippen LogP contribution in [0.1, 0.15) is 6.42 Å². The molecule has 2 aromatic carbocycles. The van der Waals surface area contributed by atoms with E-state index in [1.165, 1.54) is 29.1 Å². The Kier molecular flexibility index (Phi) is 5.11. The van der Waals surface area contributed by atoms with Crippen molar-refractivity contribution in [3.8, 4) is 5.75 Å². The number of benzene rings is 2. The van der Waals surface area contributed by atoms with Gasteiger partial charge in [0.15, 0.2) is 5.75 Å². The zero-order valence-corrected chi connectivity index (χ0v) is 13.9. The minimum atomic E-state index is -4.87. The van der Waals surface area contributed by atoms with E-state index in [0.717, 1.165) is 6.07 Å². The molecule has 0 bridgehead atoms. The maximum absolute atomic E-state index is 12.4. The second kappa shape index (κ2) is 7.48. The van der Waals surface area contributed by atoms with Gasteiger partial charge >= 0.3 is 6.36 Å². The Morgan fingerprint density at radius 2 is 1.81 bits per heavy atom. The molecule has 0 aliphatic rings. The molecule has 0 aliphatic carbocycles. The van der Waals surface area contributed by atoms with Crippen LogP contribution in [0.4, 0.5) is 18.9 Å². The number of fused-ring (bicyclic) bond motifs is 1. The highest BCUT2D eigenvalue weighted by Crippen LogP contribution is 2.29. The molecule has 1 heterocycles. The van der Waals surface area contributed by atoms with Gasteiger partial charge in [0, 0.05) is 13.0 Å². The number of para-hydroxylation sites is 3. The van der Waals surface area contributed by atoms with Crippen molar-refractivity contribution in [2.24, 2.45) is 0 Å². The Morgan fingerprint density at radius 3 is 2.59 bits per heavy atom. The zero-order valence-electron chi connectivity index (χ0n) is 13.9. The predicted octanol–water partition coefficient (Wildman–Crippen LogP) is 3.32. The Labute approximate surface area is 151 Å². The molecule has 1 N–H and O–H groups in total. The number of hydrogen-bond acceptors (Lipinski definition) is 4. The number of aromatic nitrogens is 2. The average molecular weight is 377 g/mol. The lowest BCUT2D eigenvalue weighted by Gasteiger charge is -2.14. The number of carbonyl (C=O) groups is 1. The van der Waals surface area contributed by atoms with Crippen LogP contribution in [0, 0.1) is 0 Å². The lowest BCUT2D eigenvalue weighted by Crippen LogP contribution is -2.24. The molecular formula is C18H14F3N3O3. The number of hydrogen-bond donors (Lipinski definition) is 1. The normalized spacial score (nSPS) is 11.4. The first-order valence-electron chi connectivity index (χ1n) is 7.92. The monoisotopic (exact) mass is 377 g/mol. The highest BCUT2D eigenvalue weighted by molar-refractivity contribution is 5.92. The molecule has 1 amide bonds. The maximum Gasteiger partial charge on any atom is 0.573 e. The van der Waals surface area contributed by atoms with Crippen LogP contribution in [0.3, 0.4) is 0 Å². The number of nitrogens with zero attached hydrogens (tertiary/aromatic N) is 2. The lowest BCUT2D eigenvalue weighted by molar-refractivity contribution is -0.274. The van der Waals surface area contributed by atoms with Crippen LogP contribution in [-0.2, 0) is 11.3 Å². The zero-order chi connectivity index (χ0) is 19.4. The second-order valence-corrected chi connectivity index (χ2v) is 5.60. The number of halogens is 3. The number of nitrogens with one attached hydrogen (secondary N) is 1. The molecule has 0 fully saturated rings. The number of anilines is 1. The molecule has 0 radical (unpaired) electrons. The molecule has 0 spiro atoms. The molecule has 1 aromatic heterocycles. The van der Waals surface area contributed by atoms with Gasteiger partial charge in [0.05, 0.1) is 22.9 Å². The number of ether oxygens (including phenoxy) is 1. The molecule has 27 heavy (non-hydrogen) atoms. The molecule has 0 saturated carbocycles. The summed E-state index contributed by atoms with van der Waals surface area (Å²) in [5.74, 6) is -1.07. The van der Waals surface area contributed by atoms with Gasteiger partial charge in [-0.05, 0) is 24.3 Å². The fraction of sp³-hybridized carbons (Fsp3) is 0.167. The van der Waals surface area contributed by atoms with Crippen molar-refractivity contribution in [3.63, 3.8) is 0 Å². The first-order valence-corrected chi connectivity index (χ1v) is 7.92. The van der Waals surface area contributed by atoms with Crippen LogP contribution in [0.15, 0.2) is 59.7 Å². The van der Waals surface area contributed by atoms with Gasteiger partial charge in [-0.25, -0.2) is 4.98 Å². The number of amides is 1. The molecule has 0 saturated heterocycles. The highest BCUT2D eigenvalue weighted by atomic mass is 19.4. The fourth-order valence-corrected chi connectivity index (χ4v) is 2.48. The largest absolute Gasteiger partial charge is 0.573 e. The van der Waals surface area contributed by atoms with Crippen molar-refractivity contribution < 1.29 is 22.7 Å². The number of alkyl halides is 3. The summed E-state index contributed by atoms with van der Waals surface area (Å²) < 4.78 is 42.4. The summed E-state index contributed by atoms with van der Waals surface area (Å²) in [4.78, 5) is 28.6. The Morgan fingerprint density at radius 1 is 1.11 bits per heavy atom. The molecule has 9 heteroatoms. The third-order valence-corrected chi connectivity index (χ3v) is 3.70. The fourth-order valence-electron chi connectivity index (χ4n) is 2.48. The van der Waals surface area contributed by atoms with Crippen LogP contribution in [-0.4, -0.2) is 21.8 Å².